The molecule has 0 spiro atoms. The molecule has 1 amide bonds. The van der Waals surface area contributed by atoms with Crippen molar-refractivity contribution in [2.45, 2.75) is 19.4 Å². The first-order valence-electron chi connectivity index (χ1n) is 7.40. The van der Waals surface area contributed by atoms with Crippen molar-refractivity contribution in [3.8, 4) is 16.9 Å². The highest BCUT2D eigenvalue weighted by atomic mass is 35.5. The topological polar surface area (TPSA) is 64.3 Å². The molecule has 0 atom stereocenters. The van der Waals surface area contributed by atoms with Gasteiger partial charge in [0.1, 0.15) is 5.75 Å². The van der Waals surface area contributed by atoms with E-state index in [0.717, 1.165) is 11.1 Å². The van der Waals surface area contributed by atoms with E-state index in [2.05, 4.69) is 5.32 Å². The average Bonchev–Trinajstić information content (AvgIpc) is 2.54. The number of hydrogen-bond donors (Lipinski definition) is 2. The molecule has 24 heavy (non-hydrogen) atoms. The van der Waals surface area contributed by atoms with Crippen LogP contribution >= 0.6 is 24.0 Å². The molecule has 0 aliphatic heterocycles. The summed E-state index contributed by atoms with van der Waals surface area (Å²) in [5, 5.41) is 3.27. The van der Waals surface area contributed by atoms with Gasteiger partial charge in [-0.3, -0.25) is 4.79 Å². The van der Waals surface area contributed by atoms with E-state index in [9.17, 15) is 4.79 Å². The molecule has 0 radical (unpaired) electrons. The SMILES string of the molecule is CC(C)(CN)NC(=O)COc1ccc(-c2ccccc2)cc1Cl.Cl. The Morgan fingerprint density at radius 3 is 2.42 bits per heavy atom. The van der Waals surface area contributed by atoms with Crippen molar-refractivity contribution in [1.29, 1.82) is 0 Å². The normalized spacial score (nSPS) is 10.7. The first kappa shape index (κ1) is 20.3. The van der Waals surface area contributed by atoms with E-state index in [1.165, 1.54) is 0 Å². The predicted octanol–water partition coefficient (Wildman–Crippen LogP) is 3.66. The van der Waals surface area contributed by atoms with Crippen LogP contribution in [0.25, 0.3) is 11.1 Å². The number of rotatable bonds is 6. The first-order valence-corrected chi connectivity index (χ1v) is 7.78. The minimum atomic E-state index is -0.457. The highest BCUT2D eigenvalue weighted by molar-refractivity contribution is 6.32. The number of benzene rings is 2. The van der Waals surface area contributed by atoms with E-state index in [4.69, 9.17) is 22.1 Å². The molecule has 0 aliphatic carbocycles. The summed E-state index contributed by atoms with van der Waals surface area (Å²) in [6.07, 6.45) is 0. The van der Waals surface area contributed by atoms with Crippen LogP contribution < -0.4 is 15.8 Å². The second-order valence-electron chi connectivity index (χ2n) is 5.94. The Balaban J connectivity index is 0.00000288. The Morgan fingerprint density at radius 1 is 1.17 bits per heavy atom. The molecule has 0 bridgehead atoms. The number of halogens is 2. The molecule has 6 heteroatoms. The zero-order chi connectivity index (χ0) is 16.9. The molecule has 2 aromatic rings. The Bertz CT molecular complexity index is 676. The van der Waals surface area contributed by atoms with Crippen molar-refractivity contribution in [3.63, 3.8) is 0 Å². The fourth-order valence-corrected chi connectivity index (χ4v) is 2.27. The summed E-state index contributed by atoms with van der Waals surface area (Å²) in [5.74, 6) is 0.246. The van der Waals surface area contributed by atoms with Gasteiger partial charge >= 0.3 is 0 Å². The van der Waals surface area contributed by atoms with Gasteiger partial charge in [-0.15, -0.1) is 12.4 Å². The van der Waals surface area contributed by atoms with E-state index in [1.807, 2.05) is 56.3 Å². The fraction of sp³-hybridized carbons (Fsp3) is 0.278. The lowest BCUT2D eigenvalue weighted by molar-refractivity contribution is -0.124. The molecule has 0 fully saturated rings. The van der Waals surface area contributed by atoms with E-state index in [1.54, 1.807) is 6.07 Å². The quantitative estimate of drug-likeness (QED) is 0.817. The van der Waals surface area contributed by atoms with Gasteiger partial charge in [0.05, 0.1) is 5.02 Å². The summed E-state index contributed by atoms with van der Waals surface area (Å²) in [6, 6.07) is 15.4. The summed E-state index contributed by atoms with van der Waals surface area (Å²) in [7, 11) is 0. The number of carbonyl (C=O) groups is 1. The maximum absolute atomic E-state index is 11.9. The molecule has 0 saturated heterocycles. The van der Waals surface area contributed by atoms with Gasteiger partial charge < -0.3 is 15.8 Å². The van der Waals surface area contributed by atoms with Gasteiger partial charge in [0.2, 0.25) is 0 Å². The zero-order valence-corrected chi connectivity index (χ0v) is 15.3. The Hall–Kier alpha value is -1.75. The molecule has 0 heterocycles. The molecule has 2 rings (SSSR count). The molecule has 4 nitrogen and oxygen atoms in total. The Labute approximate surface area is 153 Å². The highest BCUT2D eigenvalue weighted by Gasteiger charge is 2.18. The molecular weight excluding hydrogens is 347 g/mol. The van der Waals surface area contributed by atoms with Crippen LogP contribution in [0.15, 0.2) is 48.5 Å². The lowest BCUT2D eigenvalue weighted by Crippen LogP contribution is -2.50. The molecular formula is C18H22Cl2N2O2. The smallest absolute Gasteiger partial charge is 0.258 e. The highest BCUT2D eigenvalue weighted by Crippen LogP contribution is 2.30. The predicted molar refractivity (Wildman–Crippen MR) is 101 cm³/mol. The number of nitrogens with one attached hydrogen (secondary N) is 1. The molecule has 130 valence electrons. The van der Waals surface area contributed by atoms with Crippen molar-refractivity contribution in [3.05, 3.63) is 53.6 Å². The second kappa shape index (κ2) is 8.92. The molecule has 0 saturated carbocycles. The Kier molecular flexibility index (Phi) is 7.55. The maximum atomic E-state index is 11.9. The van der Waals surface area contributed by atoms with E-state index >= 15 is 0 Å². The van der Waals surface area contributed by atoms with Crippen LogP contribution in [0.1, 0.15) is 13.8 Å². The number of ether oxygens (including phenoxy) is 1. The third-order valence-corrected chi connectivity index (χ3v) is 3.68. The van der Waals surface area contributed by atoms with Gasteiger partial charge in [-0.05, 0) is 37.1 Å². The van der Waals surface area contributed by atoms with E-state index in [-0.39, 0.29) is 24.9 Å². The minimum Gasteiger partial charge on any atom is -0.482 e. The van der Waals surface area contributed by atoms with Crippen molar-refractivity contribution < 1.29 is 9.53 Å². The van der Waals surface area contributed by atoms with Gasteiger partial charge in [0, 0.05) is 12.1 Å². The van der Waals surface area contributed by atoms with Gasteiger partial charge in [-0.2, -0.15) is 0 Å². The summed E-state index contributed by atoms with van der Waals surface area (Å²) in [4.78, 5) is 11.9. The fourth-order valence-electron chi connectivity index (χ4n) is 2.04. The van der Waals surface area contributed by atoms with E-state index in [0.29, 0.717) is 17.3 Å². The summed E-state index contributed by atoms with van der Waals surface area (Å²) in [6.45, 7) is 3.96. The van der Waals surface area contributed by atoms with E-state index < -0.39 is 5.54 Å². The largest absolute Gasteiger partial charge is 0.482 e. The van der Waals surface area contributed by atoms with Gasteiger partial charge in [0.25, 0.3) is 5.91 Å². The Morgan fingerprint density at radius 2 is 1.83 bits per heavy atom. The number of hydrogen-bond acceptors (Lipinski definition) is 3. The van der Waals surface area contributed by atoms with Gasteiger partial charge in [-0.1, -0.05) is 48.0 Å². The third-order valence-electron chi connectivity index (χ3n) is 3.39. The second-order valence-corrected chi connectivity index (χ2v) is 6.34. The number of amides is 1. The van der Waals surface area contributed by atoms with Crippen LogP contribution in [0.4, 0.5) is 0 Å². The maximum Gasteiger partial charge on any atom is 0.258 e. The summed E-state index contributed by atoms with van der Waals surface area (Å²) >= 11 is 6.25. The molecule has 2 aromatic carbocycles. The molecule has 0 unspecified atom stereocenters. The van der Waals surface area contributed by atoms with Crippen LogP contribution in [-0.2, 0) is 4.79 Å². The molecule has 0 aliphatic rings. The minimum absolute atomic E-state index is 0. The third kappa shape index (κ3) is 5.71. The van der Waals surface area contributed by atoms with Crippen molar-refractivity contribution >= 4 is 29.9 Å². The van der Waals surface area contributed by atoms with Crippen LogP contribution in [-0.4, -0.2) is 24.6 Å². The van der Waals surface area contributed by atoms with Crippen LogP contribution in [0.2, 0.25) is 5.02 Å². The van der Waals surface area contributed by atoms with Gasteiger partial charge in [0.15, 0.2) is 6.61 Å². The monoisotopic (exact) mass is 368 g/mol. The molecule has 0 aromatic heterocycles. The lowest BCUT2D eigenvalue weighted by atomic mass is 10.1. The molecule has 3 N–H and O–H groups in total. The van der Waals surface area contributed by atoms with Crippen molar-refractivity contribution in [1.82, 2.24) is 5.32 Å². The van der Waals surface area contributed by atoms with Crippen LogP contribution in [0.5, 0.6) is 5.75 Å². The van der Waals surface area contributed by atoms with Gasteiger partial charge in [-0.25, -0.2) is 0 Å². The number of nitrogens with two attached hydrogens (primary N) is 1. The van der Waals surface area contributed by atoms with Crippen molar-refractivity contribution in [2.24, 2.45) is 5.73 Å². The zero-order valence-electron chi connectivity index (χ0n) is 13.7. The summed E-state index contributed by atoms with van der Waals surface area (Å²) < 4.78 is 5.50. The summed E-state index contributed by atoms with van der Waals surface area (Å²) in [5.41, 5.74) is 7.19. The average molecular weight is 369 g/mol. The van der Waals surface area contributed by atoms with Crippen molar-refractivity contribution in [2.75, 3.05) is 13.2 Å². The lowest BCUT2D eigenvalue weighted by Gasteiger charge is -2.24. The first-order chi connectivity index (χ1) is 10.9. The van der Waals surface area contributed by atoms with Crippen LogP contribution in [0.3, 0.4) is 0 Å². The number of carbonyl (C=O) groups excluding carboxylic acids is 1. The standard InChI is InChI=1S/C18H21ClN2O2.ClH/c1-18(2,12-20)21-17(22)11-23-16-9-8-14(10-15(16)19)13-6-4-3-5-7-13;/h3-10H,11-12,20H2,1-2H3,(H,21,22);1H. The van der Waals surface area contributed by atoms with Crippen LogP contribution in [0, 0.1) is 0 Å².